The van der Waals surface area contributed by atoms with Gasteiger partial charge in [0.25, 0.3) is 0 Å². The SMILES string of the molecule is CCn1ncc2c(NC3CCN(C(=O)OC(C)(C)C)CC3)c(C(=O)O)cnc21.COc1ccc(Cn2ncc3c(NC4CCCCC4)c(C(=O)O)cnc32)cc1. The Morgan fingerprint density at radius 3 is 1.79 bits per heavy atom. The number of methoxy groups -OCH3 is 1. The standard InChI is InChI=1S/C21H24N4O3.C19H27N5O4/c1-28-16-9-7-14(8-10-16)13-25-20-17(12-23-25)19(18(11-22-20)21(26)27)24-15-5-3-2-4-6-15;1-5-24-16-13(11-21-24)15(14(10-20-16)17(25)26)22-12-6-8-23(9-7-12)18(27)28-19(2,3)4/h7-12,15H,2-6,13H2,1H3,(H,22,24)(H,26,27);10-12H,5-9H2,1-4H3,(H,20,22)(H,25,26). The highest BCUT2D eigenvalue weighted by Crippen LogP contribution is 2.31. The number of benzene rings is 1. The molecule has 7 rings (SSSR count). The molecule has 1 amide bonds. The quantitative estimate of drug-likeness (QED) is 0.115. The van der Waals surface area contributed by atoms with Crippen molar-refractivity contribution >= 4 is 51.5 Å². The highest BCUT2D eigenvalue weighted by molar-refractivity contribution is 6.04. The van der Waals surface area contributed by atoms with E-state index in [4.69, 9.17) is 9.47 Å². The zero-order valence-corrected chi connectivity index (χ0v) is 32.6. The van der Waals surface area contributed by atoms with Crippen LogP contribution in [-0.2, 0) is 17.8 Å². The van der Waals surface area contributed by atoms with Gasteiger partial charge in [0, 0.05) is 44.1 Å². The lowest BCUT2D eigenvalue weighted by molar-refractivity contribution is 0.0210. The minimum absolute atomic E-state index is 0.0485. The van der Waals surface area contributed by atoms with Crippen molar-refractivity contribution in [1.82, 2.24) is 34.4 Å². The lowest BCUT2D eigenvalue weighted by atomic mass is 9.95. The van der Waals surface area contributed by atoms with E-state index in [-0.39, 0.29) is 23.3 Å². The Kier molecular flexibility index (Phi) is 12.2. The fraction of sp³-hybridized carbons (Fsp3) is 0.475. The molecule has 5 heterocycles. The second-order valence-electron chi connectivity index (χ2n) is 15.2. The van der Waals surface area contributed by atoms with Gasteiger partial charge in [-0.3, -0.25) is 0 Å². The third kappa shape index (κ3) is 9.29. The number of nitrogens with one attached hydrogen (secondary N) is 2. The summed E-state index contributed by atoms with van der Waals surface area (Å²) < 4.78 is 14.2. The number of hydrogen-bond acceptors (Lipinski definition) is 11. The first-order valence-electron chi connectivity index (χ1n) is 19.1. The van der Waals surface area contributed by atoms with Gasteiger partial charge in [0.05, 0.1) is 48.2 Å². The smallest absolute Gasteiger partial charge is 0.410 e. The van der Waals surface area contributed by atoms with Gasteiger partial charge in [0.1, 0.15) is 22.5 Å². The van der Waals surface area contributed by atoms with Crippen molar-refractivity contribution in [2.24, 2.45) is 0 Å². The fourth-order valence-corrected chi connectivity index (χ4v) is 7.13. The van der Waals surface area contributed by atoms with E-state index in [1.54, 1.807) is 33.8 Å². The van der Waals surface area contributed by atoms with Crippen molar-refractivity contribution in [3.63, 3.8) is 0 Å². The molecule has 0 radical (unpaired) electrons. The Labute approximate surface area is 325 Å². The summed E-state index contributed by atoms with van der Waals surface area (Å²) in [5.41, 5.74) is 3.36. The number of amides is 1. The summed E-state index contributed by atoms with van der Waals surface area (Å²) in [7, 11) is 1.64. The van der Waals surface area contributed by atoms with Gasteiger partial charge in [-0.2, -0.15) is 10.2 Å². The molecule has 0 spiro atoms. The van der Waals surface area contributed by atoms with Gasteiger partial charge in [-0.05, 0) is 71.1 Å². The third-order valence-corrected chi connectivity index (χ3v) is 10.0. The number of carbonyl (C=O) groups is 3. The Balaban J connectivity index is 0.000000190. The predicted octanol–water partition coefficient (Wildman–Crippen LogP) is 6.89. The molecule has 1 aromatic carbocycles. The molecule has 0 bridgehead atoms. The number of carboxylic acids is 2. The Morgan fingerprint density at radius 1 is 0.768 bits per heavy atom. The van der Waals surface area contributed by atoms with E-state index in [0.717, 1.165) is 29.5 Å². The molecule has 4 N–H and O–H groups in total. The van der Waals surface area contributed by atoms with Crippen molar-refractivity contribution in [3.05, 3.63) is 65.7 Å². The molecule has 1 saturated heterocycles. The van der Waals surface area contributed by atoms with Gasteiger partial charge in [-0.1, -0.05) is 31.4 Å². The number of piperidine rings is 1. The summed E-state index contributed by atoms with van der Waals surface area (Å²) in [6.45, 7) is 9.80. The van der Waals surface area contributed by atoms with Crippen LogP contribution in [0.4, 0.5) is 16.2 Å². The van der Waals surface area contributed by atoms with Crippen LogP contribution in [0, 0.1) is 0 Å². The fourth-order valence-electron chi connectivity index (χ4n) is 7.13. The third-order valence-electron chi connectivity index (χ3n) is 10.0. The average Bonchev–Trinajstić information content (AvgIpc) is 3.80. The molecule has 0 unspecified atom stereocenters. The van der Waals surface area contributed by atoms with Crippen LogP contribution < -0.4 is 15.4 Å². The number of hydrogen-bond donors (Lipinski definition) is 4. The average molecular weight is 770 g/mol. The monoisotopic (exact) mass is 769 g/mol. The maximum absolute atomic E-state index is 12.2. The van der Waals surface area contributed by atoms with E-state index >= 15 is 0 Å². The summed E-state index contributed by atoms with van der Waals surface area (Å²) in [6, 6.07) is 8.13. The molecule has 1 aliphatic carbocycles. The molecule has 4 aromatic heterocycles. The van der Waals surface area contributed by atoms with Crippen molar-refractivity contribution in [1.29, 1.82) is 0 Å². The van der Waals surface area contributed by atoms with E-state index in [2.05, 4.69) is 30.8 Å². The molecule has 56 heavy (non-hydrogen) atoms. The molecule has 16 heteroatoms. The largest absolute Gasteiger partial charge is 0.497 e. The van der Waals surface area contributed by atoms with Crippen molar-refractivity contribution in [3.8, 4) is 5.75 Å². The van der Waals surface area contributed by atoms with E-state index < -0.39 is 17.5 Å². The second kappa shape index (κ2) is 17.3. The van der Waals surface area contributed by atoms with E-state index in [1.165, 1.54) is 31.7 Å². The van der Waals surface area contributed by atoms with Crippen LogP contribution in [-0.4, -0.2) is 101 Å². The minimum Gasteiger partial charge on any atom is -0.497 e. The first-order valence-corrected chi connectivity index (χ1v) is 19.1. The van der Waals surface area contributed by atoms with Crippen LogP contribution in [0.15, 0.2) is 49.1 Å². The van der Waals surface area contributed by atoms with Gasteiger partial charge < -0.3 is 35.2 Å². The lowest BCUT2D eigenvalue weighted by Crippen LogP contribution is -2.44. The van der Waals surface area contributed by atoms with E-state index in [0.29, 0.717) is 73.1 Å². The highest BCUT2D eigenvalue weighted by Gasteiger charge is 2.28. The molecule has 16 nitrogen and oxygen atoms in total. The first-order chi connectivity index (χ1) is 26.8. The topological polar surface area (TPSA) is 199 Å². The normalized spacial score (nSPS) is 15.3. The zero-order valence-electron chi connectivity index (χ0n) is 32.6. The van der Waals surface area contributed by atoms with Gasteiger partial charge >= 0.3 is 18.0 Å². The van der Waals surface area contributed by atoms with Crippen LogP contribution in [0.1, 0.15) is 98.9 Å². The number of fused-ring (bicyclic) bond motifs is 2. The number of aromatic nitrogens is 6. The molecular weight excluding hydrogens is 718 g/mol. The number of carboxylic acid groups (broad SMARTS) is 2. The van der Waals surface area contributed by atoms with Crippen LogP contribution >= 0.6 is 0 Å². The molecular formula is C40H51N9O7. The number of aryl methyl sites for hydroxylation is 1. The Morgan fingerprint density at radius 2 is 1.29 bits per heavy atom. The van der Waals surface area contributed by atoms with E-state index in [1.807, 2.05) is 52.0 Å². The van der Waals surface area contributed by atoms with Gasteiger partial charge in [0.15, 0.2) is 11.3 Å². The zero-order chi connectivity index (χ0) is 40.0. The number of aromatic carboxylic acids is 2. The predicted molar refractivity (Wildman–Crippen MR) is 212 cm³/mol. The maximum Gasteiger partial charge on any atom is 0.410 e. The van der Waals surface area contributed by atoms with Gasteiger partial charge in [0.2, 0.25) is 0 Å². The molecule has 1 saturated carbocycles. The van der Waals surface area contributed by atoms with Crippen LogP contribution in [0.3, 0.4) is 0 Å². The van der Waals surface area contributed by atoms with Crippen molar-refractivity contribution in [2.45, 2.75) is 103 Å². The van der Waals surface area contributed by atoms with E-state index in [9.17, 15) is 24.6 Å². The van der Waals surface area contributed by atoms with Gasteiger partial charge in [-0.15, -0.1) is 0 Å². The molecule has 0 atom stereocenters. The van der Waals surface area contributed by atoms with Crippen LogP contribution in [0.2, 0.25) is 0 Å². The van der Waals surface area contributed by atoms with Crippen LogP contribution in [0.5, 0.6) is 5.75 Å². The molecule has 5 aromatic rings. The maximum atomic E-state index is 12.2. The number of rotatable bonds is 10. The summed E-state index contributed by atoms with van der Waals surface area (Å²) in [5.74, 6) is -1.21. The Hall–Kier alpha value is -5.93. The van der Waals surface area contributed by atoms with Gasteiger partial charge in [-0.25, -0.2) is 33.7 Å². The van der Waals surface area contributed by atoms with Crippen molar-refractivity contribution in [2.75, 3.05) is 30.8 Å². The highest BCUT2D eigenvalue weighted by atomic mass is 16.6. The summed E-state index contributed by atoms with van der Waals surface area (Å²) >= 11 is 0. The molecule has 2 fully saturated rings. The lowest BCUT2D eigenvalue weighted by Gasteiger charge is -2.34. The number of pyridine rings is 2. The molecule has 298 valence electrons. The Bertz CT molecular complexity index is 2160. The van der Waals surface area contributed by atoms with Crippen molar-refractivity contribution < 1.29 is 34.1 Å². The minimum atomic E-state index is -1.03. The number of nitrogens with zero attached hydrogens (tertiary/aromatic N) is 7. The number of likely N-dealkylation sites (tertiary alicyclic amines) is 1. The summed E-state index contributed by atoms with van der Waals surface area (Å²) in [5, 5.41) is 36.2. The molecule has 1 aliphatic heterocycles. The first kappa shape index (κ1) is 39.8. The molecule has 2 aliphatic rings. The number of ether oxygens (including phenoxy) is 2. The number of anilines is 2. The summed E-state index contributed by atoms with van der Waals surface area (Å²) in [6.07, 6.45) is 13.0. The summed E-state index contributed by atoms with van der Waals surface area (Å²) in [4.78, 5) is 46.0. The van der Waals surface area contributed by atoms with Crippen LogP contribution in [0.25, 0.3) is 22.1 Å². The number of carbonyl (C=O) groups excluding carboxylic acids is 1. The second-order valence-corrected chi connectivity index (χ2v) is 15.2.